The third-order valence-electron chi connectivity index (χ3n) is 5.12. The van der Waals surface area contributed by atoms with Crippen molar-refractivity contribution in [3.8, 4) is 0 Å². The van der Waals surface area contributed by atoms with Crippen molar-refractivity contribution in [2.45, 2.75) is 46.7 Å². The molecule has 3 aromatic rings. The van der Waals surface area contributed by atoms with Gasteiger partial charge in [0.05, 0.1) is 0 Å². The van der Waals surface area contributed by atoms with E-state index in [2.05, 4.69) is 118 Å². The SMILES string of the molecule is Cc1ccc2c(ccc(/C=C/c3ccc(N(C(C)C)C(C)C)cc3)[n+]2C)c1. The van der Waals surface area contributed by atoms with E-state index in [1.165, 1.54) is 33.4 Å². The van der Waals surface area contributed by atoms with Gasteiger partial charge in [0.15, 0.2) is 0 Å². The van der Waals surface area contributed by atoms with Crippen molar-refractivity contribution in [2.24, 2.45) is 7.05 Å². The zero-order valence-corrected chi connectivity index (χ0v) is 17.4. The van der Waals surface area contributed by atoms with Gasteiger partial charge in [-0.2, -0.15) is 4.57 Å². The second-order valence-electron chi connectivity index (χ2n) is 7.90. The highest BCUT2D eigenvalue weighted by atomic mass is 15.2. The smallest absolute Gasteiger partial charge is 0.212 e. The molecule has 3 rings (SSSR count). The van der Waals surface area contributed by atoms with E-state index in [9.17, 15) is 0 Å². The molecular weight excluding hydrogens is 328 g/mol. The van der Waals surface area contributed by atoms with Crippen LogP contribution in [-0.4, -0.2) is 12.1 Å². The lowest BCUT2D eigenvalue weighted by Gasteiger charge is -2.33. The number of hydrogen-bond acceptors (Lipinski definition) is 1. The van der Waals surface area contributed by atoms with Crippen LogP contribution < -0.4 is 9.47 Å². The minimum atomic E-state index is 0.492. The topological polar surface area (TPSA) is 7.12 Å². The molecule has 0 bridgehead atoms. The Morgan fingerprint density at radius 3 is 2.11 bits per heavy atom. The van der Waals surface area contributed by atoms with E-state index in [4.69, 9.17) is 0 Å². The number of rotatable bonds is 5. The first kappa shape index (κ1) is 19.2. The lowest BCUT2D eigenvalue weighted by atomic mass is 10.1. The first-order valence-electron chi connectivity index (χ1n) is 9.82. The first-order chi connectivity index (χ1) is 12.9. The third-order valence-corrected chi connectivity index (χ3v) is 5.12. The molecule has 0 saturated carbocycles. The van der Waals surface area contributed by atoms with Crippen LogP contribution in [0.5, 0.6) is 0 Å². The number of aromatic nitrogens is 1. The highest BCUT2D eigenvalue weighted by Crippen LogP contribution is 2.21. The van der Waals surface area contributed by atoms with E-state index >= 15 is 0 Å². The number of benzene rings is 2. The molecule has 0 atom stereocenters. The van der Waals surface area contributed by atoms with Gasteiger partial charge in [0, 0.05) is 41.4 Å². The normalized spacial score (nSPS) is 11.9. The molecule has 0 amide bonds. The van der Waals surface area contributed by atoms with Crippen LogP contribution in [-0.2, 0) is 7.05 Å². The Hall–Kier alpha value is -2.61. The molecule has 0 saturated heterocycles. The number of anilines is 1. The van der Waals surface area contributed by atoms with Gasteiger partial charge in [-0.3, -0.25) is 0 Å². The number of hydrogen-bond donors (Lipinski definition) is 0. The molecule has 0 unspecified atom stereocenters. The van der Waals surface area contributed by atoms with Crippen molar-refractivity contribution in [1.29, 1.82) is 0 Å². The van der Waals surface area contributed by atoms with Gasteiger partial charge in [0.1, 0.15) is 7.05 Å². The Bertz CT molecular complexity index is 942. The van der Waals surface area contributed by atoms with Gasteiger partial charge in [-0.15, -0.1) is 0 Å². The molecule has 0 spiro atoms. The number of nitrogens with zero attached hydrogens (tertiary/aromatic N) is 2. The number of pyridine rings is 1. The summed E-state index contributed by atoms with van der Waals surface area (Å²) in [5.74, 6) is 0. The summed E-state index contributed by atoms with van der Waals surface area (Å²) in [6.45, 7) is 11.1. The van der Waals surface area contributed by atoms with E-state index in [0.29, 0.717) is 12.1 Å². The minimum absolute atomic E-state index is 0.492. The van der Waals surface area contributed by atoms with Gasteiger partial charge in [-0.05, 0) is 70.5 Å². The Morgan fingerprint density at radius 2 is 1.48 bits per heavy atom. The second kappa shape index (κ2) is 7.96. The summed E-state index contributed by atoms with van der Waals surface area (Å²) < 4.78 is 2.25. The van der Waals surface area contributed by atoms with Crippen molar-refractivity contribution >= 4 is 28.7 Å². The lowest BCUT2D eigenvalue weighted by Crippen LogP contribution is -2.36. The Labute approximate surface area is 163 Å². The summed E-state index contributed by atoms with van der Waals surface area (Å²) in [5, 5.41) is 1.28. The van der Waals surface area contributed by atoms with Crippen molar-refractivity contribution in [3.63, 3.8) is 0 Å². The largest absolute Gasteiger partial charge is 0.367 e. The number of fused-ring (bicyclic) bond motifs is 1. The average Bonchev–Trinajstić information content (AvgIpc) is 2.61. The van der Waals surface area contributed by atoms with Crippen LogP contribution in [0.4, 0.5) is 5.69 Å². The van der Waals surface area contributed by atoms with Crippen LogP contribution in [0.1, 0.15) is 44.5 Å². The molecule has 0 N–H and O–H groups in total. The Kier molecular flexibility index (Phi) is 5.65. The lowest BCUT2D eigenvalue weighted by molar-refractivity contribution is -0.646. The zero-order valence-electron chi connectivity index (χ0n) is 17.4. The molecule has 1 aromatic heterocycles. The first-order valence-corrected chi connectivity index (χ1v) is 9.82. The summed E-state index contributed by atoms with van der Waals surface area (Å²) in [6.07, 6.45) is 4.38. The maximum absolute atomic E-state index is 2.44. The van der Waals surface area contributed by atoms with E-state index in [1.54, 1.807) is 0 Å². The van der Waals surface area contributed by atoms with Crippen LogP contribution in [0.25, 0.3) is 23.1 Å². The molecule has 2 heteroatoms. The van der Waals surface area contributed by atoms with Crippen LogP contribution in [0, 0.1) is 6.92 Å². The van der Waals surface area contributed by atoms with Crippen molar-refractivity contribution in [2.75, 3.05) is 4.90 Å². The summed E-state index contributed by atoms with van der Waals surface area (Å²) in [4.78, 5) is 2.44. The fourth-order valence-corrected chi connectivity index (χ4v) is 3.84. The predicted molar refractivity (Wildman–Crippen MR) is 118 cm³/mol. The molecule has 0 aliphatic carbocycles. The van der Waals surface area contributed by atoms with Crippen LogP contribution >= 0.6 is 0 Å². The van der Waals surface area contributed by atoms with Gasteiger partial charge in [0.2, 0.25) is 11.2 Å². The fraction of sp³-hybridized carbons (Fsp3) is 0.320. The fourth-order valence-electron chi connectivity index (χ4n) is 3.84. The van der Waals surface area contributed by atoms with Gasteiger partial charge < -0.3 is 4.90 Å². The maximum Gasteiger partial charge on any atom is 0.212 e. The van der Waals surface area contributed by atoms with Crippen molar-refractivity contribution in [3.05, 3.63) is 71.4 Å². The Morgan fingerprint density at radius 1 is 0.815 bits per heavy atom. The molecule has 1 heterocycles. The molecule has 27 heavy (non-hydrogen) atoms. The quantitative estimate of drug-likeness (QED) is 0.525. The van der Waals surface area contributed by atoms with Crippen LogP contribution in [0.2, 0.25) is 0 Å². The monoisotopic (exact) mass is 359 g/mol. The highest BCUT2D eigenvalue weighted by Gasteiger charge is 2.13. The summed E-state index contributed by atoms with van der Waals surface area (Å²) in [7, 11) is 2.13. The van der Waals surface area contributed by atoms with E-state index in [-0.39, 0.29) is 0 Å². The average molecular weight is 360 g/mol. The molecule has 140 valence electrons. The zero-order chi connectivity index (χ0) is 19.6. The standard InChI is InChI=1S/C25H31N2/c1-18(2)27(19(3)4)24-13-9-21(10-14-24)8-12-23-15-11-22-17-20(5)7-16-25(22)26(23)6/h7-19H,1-6H3/q+1. The van der Waals surface area contributed by atoms with Crippen molar-refractivity contribution in [1.82, 2.24) is 0 Å². The minimum Gasteiger partial charge on any atom is -0.367 e. The number of aryl methyl sites for hydroxylation is 2. The molecular formula is C25H31N2+. The van der Waals surface area contributed by atoms with Crippen LogP contribution in [0.15, 0.2) is 54.6 Å². The van der Waals surface area contributed by atoms with Gasteiger partial charge >= 0.3 is 0 Å². The highest BCUT2D eigenvalue weighted by molar-refractivity contribution is 5.78. The third kappa shape index (κ3) is 4.21. The maximum atomic E-state index is 2.44. The molecule has 2 nitrogen and oxygen atoms in total. The molecule has 0 fully saturated rings. The molecule has 0 aliphatic heterocycles. The van der Waals surface area contributed by atoms with Gasteiger partial charge in [0.25, 0.3) is 0 Å². The summed E-state index contributed by atoms with van der Waals surface area (Å²) in [5.41, 5.74) is 6.24. The summed E-state index contributed by atoms with van der Waals surface area (Å²) in [6, 6.07) is 20.8. The van der Waals surface area contributed by atoms with Gasteiger partial charge in [-0.1, -0.05) is 23.8 Å². The predicted octanol–water partition coefficient (Wildman–Crippen LogP) is 5.77. The van der Waals surface area contributed by atoms with Crippen LogP contribution in [0.3, 0.4) is 0 Å². The molecule has 0 aliphatic rings. The second-order valence-corrected chi connectivity index (χ2v) is 7.90. The van der Waals surface area contributed by atoms with Crippen molar-refractivity contribution < 1.29 is 4.57 Å². The van der Waals surface area contributed by atoms with E-state index in [0.717, 1.165) is 0 Å². The molecule has 0 radical (unpaired) electrons. The summed E-state index contributed by atoms with van der Waals surface area (Å²) >= 11 is 0. The van der Waals surface area contributed by atoms with E-state index < -0.39 is 0 Å². The van der Waals surface area contributed by atoms with E-state index in [1.807, 2.05) is 0 Å². The molecule has 2 aromatic carbocycles. The Balaban J connectivity index is 1.85. The van der Waals surface area contributed by atoms with Gasteiger partial charge in [-0.25, -0.2) is 0 Å².